The molecule has 0 saturated carbocycles. The molecule has 1 N–H and O–H groups in total. The lowest BCUT2D eigenvalue weighted by molar-refractivity contribution is 0.0226. The van der Waals surface area contributed by atoms with E-state index in [1.165, 1.54) is 5.56 Å². The minimum atomic E-state index is -0.441. The van der Waals surface area contributed by atoms with Crippen molar-refractivity contribution in [1.82, 2.24) is 20.0 Å². The summed E-state index contributed by atoms with van der Waals surface area (Å²) in [7, 11) is 1.95. The topological polar surface area (TPSA) is 59.4 Å². The third kappa shape index (κ3) is 4.96. The van der Waals surface area contributed by atoms with E-state index in [9.17, 15) is 4.79 Å². The van der Waals surface area contributed by atoms with E-state index in [4.69, 9.17) is 4.74 Å². The Hall–Kier alpha value is -1.56. The Balaban J connectivity index is 1.85. The number of hydrogen-bond acceptors (Lipinski definition) is 4. The molecule has 1 atom stereocenters. The normalized spacial score (nSPS) is 18.5. The first-order valence-electron chi connectivity index (χ1n) is 8.52. The summed E-state index contributed by atoms with van der Waals surface area (Å²) in [5.74, 6) is 0. The van der Waals surface area contributed by atoms with Gasteiger partial charge in [-0.25, -0.2) is 4.79 Å². The highest BCUT2D eigenvalue weighted by Crippen LogP contribution is 2.20. The van der Waals surface area contributed by atoms with Crippen molar-refractivity contribution in [2.75, 3.05) is 13.1 Å². The molecule has 2 rings (SSSR count). The van der Waals surface area contributed by atoms with Crippen molar-refractivity contribution in [2.24, 2.45) is 7.05 Å². The van der Waals surface area contributed by atoms with Crippen molar-refractivity contribution in [3.05, 3.63) is 17.5 Å². The molecule has 6 nitrogen and oxygen atoms in total. The maximum absolute atomic E-state index is 12.3. The minimum Gasteiger partial charge on any atom is -0.444 e. The predicted molar refractivity (Wildman–Crippen MR) is 90.3 cm³/mol. The van der Waals surface area contributed by atoms with Gasteiger partial charge in [0.1, 0.15) is 5.60 Å². The lowest BCUT2D eigenvalue weighted by atomic mass is 10.2. The van der Waals surface area contributed by atoms with Crippen LogP contribution >= 0.6 is 0 Å². The van der Waals surface area contributed by atoms with E-state index in [1.807, 2.05) is 37.4 Å². The van der Waals surface area contributed by atoms with Crippen LogP contribution in [0.2, 0.25) is 0 Å². The first kappa shape index (κ1) is 17.8. The Bertz CT molecular complexity index is 533. The number of ether oxygens (including phenoxy) is 1. The first-order valence-corrected chi connectivity index (χ1v) is 8.52. The molecule has 1 aliphatic rings. The van der Waals surface area contributed by atoms with Gasteiger partial charge in [-0.3, -0.25) is 4.68 Å². The van der Waals surface area contributed by atoms with Gasteiger partial charge in [0.05, 0.1) is 5.69 Å². The molecule has 1 aromatic rings. The Morgan fingerprint density at radius 1 is 1.48 bits per heavy atom. The Labute approximate surface area is 139 Å². The predicted octanol–water partition coefficient (Wildman–Crippen LogP) is 2.47. The van der Waals surface area contributed by atoms with Crippen molar-refractivity contribution in [2.45, 2.75) is 65.1 Å². The quantitative estimate of drug-likeness (QED) is 0.905. The van der Waals surface area contributed by atoms with E-state index in [0.717, 1.165) is 44.6 Å². The number of amides is 1. The highest BCUT2D eigenvalue weighted by Gasteiger charge is 2.31. The Morgan fingerprint density at radius 3 is 2.87 bits per heavy atom. The molecule has 0 bridgehead atoms. The highest BCUT2D eigenvalue weighted by atomic mass is 16.6. The van der Waals surface area contributed by atoms with Crippen molar-refractivity contribution in [3.63, 3.8) is 0 Å². The molecule has 130 valence electrons. The van der Waals surface area contributed by atoms with Crippen molar-refractivity contribution in [1.29, 1.82) is 0 Å². The van der Waals surface area contributed by atoms with E-state index in [2.05, 4.69) is 23.5 Å². The summed E-state index contributed by atoms with van der Waals surface area (Å²) in [4.78, 5) is 14.1. The highest BCUT2D eigenvalue weighted by molar-refractivity contribution is 5.69. The average molecular weight is 322 g/mol. The van der Waals surface area contributed by atoms with Crippen LogP contribution in [0.3, 0.4) is 0 Å². The zero-order valence-electron chi connectivity index (χ0n) is 15.1. The maximum atomic E-state index is 12.3. The van der Waals surface area contributed by atoms with Crippen LogP contribution in [0.4, 0.5) is 4.79 Å². The molecule has 2 heterocycles. The molecule has 1 unspecified atom stereocenters. The second-order valence-corrected chi connectivity index (χ2v) is 7.23. The van der Waals surface area contributed by atoms with Gasteiger partial charge in [-0.05, 0) is 40.0 Å². The molecule has 23 heavy (non-hydrogen) atoms. The van der Waals surface area contributed by atoms with Crippen LogP contribution < -0.4 is 5.32 Å². The number of aryl methyl sites for hydroxylation is 2. The molecule has 1 aliphatic heterocycles. The number of likely N-dealkylation sites (tertiary alicyclic amines) is 1. The number of nitrogens with one attached hydrogen (secondary N) is 1. The monoisotopic (exact) mass is 322 g/mol. The second-order valence-electron chi connectivity index (χ2n) is 7.23. The van der Waals surface area contributed by atoms with Crippen molar-refractivity contribution >= 4 is 6.09 Å². The molecular formula is C17H30N4O2. The van der Waals surface area contributed by atoms with Gasteiger partial charge in [0, 0.05) is 44.5 Å². The van der Waals surface area contributed by atoms with Gasteiger partial charge in [0.15, 0.2) is 0 Å². The molecule has 1 aromatic heterocycles. The number of aromatic nitrogens is 2. The number of hydrogen-bond donors (Lipinski definition) is 1. The third-order valence-corrected chi connectivity index (χ3v) is 4.03. The molecule has 0 aromatic carbocycles. The average Bonchev–Trinajstić information content (AvgIpc) is 3.03. The Kier molecular flexibility index (Phi) is 5.68. The fraction of sp³-hybridized carbons (Fsp3) is 0.765. The van der Waals surface area contributed by atoms with Gasteiger partial charge in [-0.2, -0.15) is 5.10 Å². The number of carbonyl (C=O) groups is 1. The summed E-state index contributed by atoms with van der Waals surface area (Å²) in [6, 6.07) is 0.214. The fourth-order valence-corrected chi connectivity index (χ4v) is 3.01. The third-order valence-electron chi connectivity index (χ3n) is 4.03. The van der Waals surface area contributed by atoms with E-state index in [1.54, 1.807) is 0 Å². The van der Waals surface area contributed by atoms with Crippen LogP contribution in [-0.4, -0.2) is 45.5 Å². The van der Waals surface area contributed by atoms with E-state index in [-0.39, 0.29) is 12.1 Å². The van der Waals surface area contributed by atoms with Crippen LogP contribution in [0.15, 0.2) is 6.20 Å². The minimum absolute atomic E-state index is 0.197. The molecule has 0 radical (unpaired) electrons. The smallest absolute Gasteiger partial charge is 0.410 e. The van der Waals surface area contributed by atoms with E-state index >= 15 is 0 Å². The summed E-state index contributed by atoms with van der Waals surface area (Å²) < 4.78 is 7.36. The molecule has 0 aliphatic carbocycles. The number of rotatable bonds is 5. The molecular weight excluding hydrogens is 292 g/mol. The van der Waals surface area contributed by atoms with Crippen LogP contribution in [-0.2, 0) is 24.8 Å². The lowest BCUT2D eigenvalue weighted by Gasteiger charge is -2.28. The largest absolute Gasteiger partial charge is 0.444 e. The molecule has 0 spiro atoms. The summed E-state index contributed by atoms with van der Waals surface area (Å²) in [5.41, 5.74) is 1.93. The van der Waals surface area contributed by atoms with Gasteiger partial charge in [-0.1, -0.05) is 6.92 Å². The molecule has 1 fully saturated rings. The van der Waals surface area contributed by atoms with E-state index in [0.29, 0.717) is 0 Å². The molecule has 1 saturated heterocycles. The zero-order chi connectivity index (χ0) is 17.0. The standard InChI is InChI=1S/C17H30N4O2/c1-6-15-13(12-20(5)19-15)10-18-11-14-8-7-9-21(14)16(22)23-17(2,3)4/h12,14,18H,6-11H2,1-5H3. The maximum Gasteiger partial charge on any atom is 0.410 e. The molecule has 6 heteroatoms. The molecule has 1 amide bonds. The van der Waals surface area contributed by atoms with Gasteiger partial charge in [0.2, 0.25) is 0 Å². The van der Waals surface area contributed by atoms with Gasteiger partial charge >= 0.3 is 6.09 Å². The first-order chi connectivity index (χ1) is 10.8. The van der Waals surface area contributed by atoms with Gasteiger partial charge in [0.25, 0.3) is 0 Å². The summed E-state index contributed by atoms with van der Waals surface area (Å²) >= 11 is 0. The zero-order valence-corrected chi connectivity index (χ0v) is 15.1. The van der Waals surface area contributed by atoms with Crippen molar-refractivity contribution in [3.8, 4) is 0 Å². The van der Waals surface area contributed by atoms with Crippen LogP contribution in [0, 0.1) is 0 Å². The van der Waals surface area contributed by atoms with Gasteiger partial charge < -0.3 is 15.0 Å². The number of nitrogens with zero attached hydrogens (tertiary/aromatic N) is 3. The lowest BCUT2D eigenvalue weighted by Crippen LogP contribution is -2.44. The summed E-state index contributed by atoms with van der Waals surface area (Å²) in [6.45, 7) is 10.2. The summed E-state index contributed by atoms with van der Waals surface area (Å²) in [5, 5.41) is 7.93. The van der Waals surface area contributed by atoms with Crippen LogP contribution in [0.5, 0.6) is 0 Å². The van der Waals surface area contributed by atoms with E-state index < -0.39 is 5.60 Å². The van der Waals surface area contributed by atoms with Crippen molar-refractivity contribution < 1.29 is 9.53 Å². The number of carbonyl (C=O) groups excluding carboxylic acids is 1. The second kappa shape index (κ2) is 7.34. The fourth-order valence-electron chi connectivity index (χ4n) is 3.01. The summed E-state index contributed by atoms with van der Waals surface area (Å²) in [6.07, 6.45) is 4.87. The Morgan fingerprint density at radius 2 is 2.22 bits per heavy atom. The SMILES string of the molecule is CCc1nn(C)cc1CNCC1CCCN1C(=O)OC(C)(C)C. The van der Waals surface area contributed by atoms with Crippen LogP contribution in [0.1, 0.15) is 51.8 Å². The van der Waals surface area contributed by atoms with Gasteiger partial charge in [-0.15, -0.1) is 0 Å². The van der Waals surface area contributed by atoms with Crippen LogP contribution in [0.25, 0.3) is 0 Å².